The van der Waals surface area contributed by atoms with E-state index in [0.717, 1.165) is 11.6 Å². The highest BCUT2D eigenvalue weighted by Crippen LogP contribution is 2.23. The number of hydrogen-bond acceptors (Lipinski definition) is 5. The van der Waals surface area contributed by atoms with E-state index in [4.69, 9.17) is 0 Å². The normalized spacial score (nSPS) is 16.4. The molecule has 1 fully saturated rings. The van der Waals surface area contributed by atoms with Crippen LogP contribution in [-0.4, -0.2) is 54.6 Å². The molecule has 1 heterocycles. The molecule has 0 aliphatic carbocycles. The van der Waals surface area contributed by atoms with E-state index in [1.807, 2.05) is 37.3 Å². The molecule has 1 aliphatic heterocycles. The van der Waals surface area contributed by atoms with Crippen molar-refractivity contribution in [3.05, 3.63) is 70.3 Å². The first-order valence-electron chi connectivity index (χ1n) is 9.36. The number of piperazine rings is 1. The molecule has 154 valence electrons. The van der Waals surface area contributed by atoms with Crippen molar-refractivity contribution in [2.24, 2.45) is 0 Å². The third-order valence-corrected chi connectivity index (χ3v) is 7.00. The zero-order chi connectivity index (χ0) is 21.0. The number of benzene rings is 2. The van der Waals surface area contributed by atoms with Crippen molar-refractivity contribution in [3.8, 4) is 0 Å². The molecule has 3 rings (SSSR count). The maximum absolute atomic E-state index is 12.8. The highest BCUT2D eigenvalue weighted by atomic mass is 32.2. The van der Waals surface area contributed by atoms with Gasteiger partial charge in [0.15, 0.2) is 0 Å². The number of nitro groups is 1. The smallest absolute Gasteiger partial charge is 0.270 e. The summed E-state index contributed by atoms with van der Waals surface area (Å²) in [6, 6.07) is 14.8. The van der Waals surface area contributed by atoms with Crippen LogP contribution in [0.25, 0.3) is 0 Å². The van der Waals surface area contributed by atoms with Crippen molar-refractivity contribution in [1.82, 2.24) is 9.21 Å². The molecule has 0 radical (unpaired) electrons. The van der Waals surface area contributed by atoms with E-state index in [-0.39, 0.29) is 35.5 Å². The Morgan fingerprint density at radius 2 is 1.72 bits per heavy atom. The summed E-state index contributed by atoms with van der Waals surface area (Å²) in [5.41, 5.74) is 0.822. The summed E-state index contributed by atoms with van der Waals surface area (Å²) in [4.78, 5) is 24.5. The summed E-state index contributed by atoms with van der Waals surface area (Å²) < 4.78 is 26.9. The van der Waals surface area contributed by atoms with E-state index in [1.165, 1.54) is 22.5 Å². The Labute approximate surface area is 169 Å². The van der Waals surface area contributed by atoms with Crippen LogP contribution >= 0.6 is 0 Å². The SMILES string of the molecule is CC(CC(=O)N1CCN(S(=O)(=O)c2cccc([N+](=O)[O-])c2)CC1)c1ccccc1. The number of non-ortho nitro benzene ring substituents is 1. The molecule has 0 spiro atoms. The van der Waals surface area contributed by atoms with Gasteiger partial charge in [0.25, 0.3) is 5.69 Å². The monoisotopic (exact) mass is 417 g/mol. The molecule has 1 unspecified atom stereocenters. The molecular formula is C20H23N3O5S. The van der Waals surface area contributed by atoms with E-state index in [0.29, 0.717) is 19.5 Å². The van der Waals surface area contributed by atoms with Gasteiger partial charge in [-0.3, -0.25) is 14.9 Å². The van der Waals surface area contributed by atoms with Gasteiger partial charge in [0.1, 0.15) is 0 Å². The van der Waals surface area contributed by atoms with Crippen LogP contribution in [0.2, 0.25) is 0 Å². The minimum absolute atomic E-state index is 0.00579. The number of carbonyl (C=O) groups is 1. The first-order chi connectivity index (χ1) is 13.8. The fourth-order valence-electron chi connectivity index (χ4n) is 3.37. The standard InChI is InChI=1S/C20H23N3O5S/c1-16(17-6-3-2-4-7-17)14-20(24)21-10-12-22(13-11-21)29(27,28)19-9-5-8-18(15-19)23(25)26/h2-9,15-16H,10-14H2,1H3. The number of nitrogens with zero attached hydrogens (tertiary/aromatic N) is 3. The average Bonchev–Trinajstić information content (AvgIpc) is 2.74. The van der Waals surface area contributed by atoms with Crippen LogP contribution in [0.1, 0.15) is 24.8 Å². The fraction of sp³-hybridized carbons (Fsp3) is 0.350. The van der Waals surface area contributed by atoms with Crippen LogP contribution in [0.3, 0.4) is 0 Å². The molecule has 8 nitrogen and oxygen atoms in total. The third-order valence-electron chi connectivity index (χ3n) is 5.11. The van der Waals surface area contributed by atoms with Crippen molar-refractivity contribution in [3.63, 3.8) is 0 Å². The first-order valence-corrected chi connectivity index (χ1v) is 10.8. The zero-order valence-electron chi connectivity index (χ0n) is 16.1. The second-order valence-corrected chi connectivity index (χ2v) is 8.99. The van der Waals surface area contributed by atoms with Crippen LogP contribution in [0.4, 0.5) is 5.69 Å². The Morgan fingerprint density at radius 3 is 2.34 bits per heavy atom. The topological polar surface area (TPSA) is 101 Å². The van der Waals surface area contributed by atoms with Crippen LogP contribution in [-0.2, 0) is 14.8 Å². The minimum Gasteiger partial charge on any atom is -0.340 e. The molecule has 1 saturated heterocycles. The molecule has 0 aromatic heterocycles. The van der Waals surface area contributed by atoms with Gasteiger partial charge in [-0.25, -0.2) is 8.42 Å². The van der Waals surface area contributed by atoms with Crippen LogP contribution in [0.5, 0.6) is 0 Å². The lowest BCUT2D eigenvalue weighted by Gasteiger charge is -2.34. The van der Waals surface area contributed by atoms with Gasteiger partial charge in [0.2, 0.25) is 15.9 Å². The second kappa shape index (κ2) is 8.71. The Bertz CT molecular complexity index is 986. The number of carbonyl (C=O) groups excluding carboxylic acids is 1. The van der Waals surface area contributed by atoms with Crippen molar-refractivity contribution in [2.45, 2.75) is 24.2 Å². The zero-order valence-corrected chi connectivity index (χ0v) is 16.9. The van der Waals surface area contributed by atoms with E-state index in [9.17, 15) is 23.3 Å². The molecule has 2 aromatic rings. The molecule has 1 amide bonds. The highest BCUT2D eigenvalue weighted by Gasteiger charge is 2.31. The lowest BCUT2D eigenvalue weighted by molar-refractivity contribution is -0.385. The summed E-state index contributed by atoms with van der Waals surface area (Å²) in [5, 5.41) is 10.9. The number of nitro benzene ring substituents is 1. The Hall–Kier alpha value is -2.78. The quantitative estimate of drug-likeness (QED) is 0.531. The number of amides is 1. The summed E-state index contributed by atoms with van der Waals surface area (Å²) >= 11 is 0. The summed E-state index contributed by atoms with van der Waals surface area (Å²) in [6.45, 7) is 2.92. The fourth-order valence-corrected chi connectivity index (χ4v) is 4.84. The van der Waals surface area contributed by atoms with Crippen molar-refractivity contribution < 1.29 is 18.1 Å². The minimum atomic E-state index is -3.84. The highest BCUT2D eigenvalue weighted by molar-refractivity contribution is 7.89. The van der Waals surface area contributed by atoms with E-state index in [1.54, 1.807) is 4.90 Å². The Morgan fingerprint density at radius 1 is 1.07 bits per heavy atom. The van der Waals surface area contributed by atoms with Gasteiger partial charge in [-0.1, -0.05) is 43.3 Å². The molecule has 29 heavy (non-hydrogen) atoms. The van der Waals surface area contributed by atoms with Gasteiger partial charge in [0.05, 0.1) is 9.82 Å². The average molecular weight is 417 g/mol. The van der Waals surface area contributed by atoms with Gasteiger partial charge in [0, 0.05) is 44.7 Å². The molecule has 0 bridgehead atoms. The number of hydrogen-bond donors (Lipinski definition) is 0. The van der Waals surface area contributed by atoms with Gasteiger partial charge in [-0.2, -0.15) is 4.31 Å². The molecule has 1 aliphatic rings. The van der Waals surface area contributed by atoms with E-state index < -0.39 is 14.9 Å². The largest absolute Gasteiger partial charge is 0.340 e. The predicted octanol–water partition coefficient (Wildman–Crippen LogP) is 2.62. The maximum atomic E-state index is 12.8. The van der Waals surface area contributed by atoms with Crippen LogP contribution in [0.15, 0.2) is 59.5 Å². The first kappa shape index (κ1) is 20.9. The van der Waals surface area contributed by atoms with Crippen molar-refractivity contribution >= 4 is 21.6 Å². The van der Waals surface area contributed by atoms with E-state index >= 15 is 0 Å². The van der Waals surface area contributed by atoms with Crippen LogP contribution < -0.4 is 0 Å². The third kappa shape index (κ3) is 4.80. The summed E-state index contributed by atoms with van der Waals surface area (Å²) in [7, 11) is -3.84. The van der Waals surface area contributed by atoms with Crippen molar-refractivity contribution in [1.29, 1.82) is 0 Å². The summed E-state index contributed by atoms with van der Waals surface area (Å²) in [5.74, 6) is 0.0732. The van der Waals surface area contributed by atoms with E-state index in [2.05, 4.69) is 0 Å². The Kier molecular flexibility index (Phi) is 6.29. The summed E-state index contributed by atoms with van der Waals surface area (Å²) in [6.07, 6.45) is 0.363. The van der Waals surface area contributed by atoms with Crippen molar-refractivity contribution in [2.75, 3.05) is 26.2 Å². The molecule has 0 N–H and O–H groups in total. The van der Waals surface area contributed by atoms with Gasteiger partial charge in [-0.15, -0.1) is 0 Å². The number of rotatable bonds is 6. The lowest BCUT2D eigenvalue weighted by atomic mass is 9.97. The second-order valence-electron chi connectivity index (χ2n) is 7.06. The Balaban J connectivity index is 1.61. The van der Waals surface area contributed by atoms with Gasteiger partial charge >= 0.3 is 0 Å². The van der Waals surface area contributed by atoms with Gasteiger partial charge in [-0.05, 0) is 17.5 Å². The molecular weight excluding hydrogens is 394 g/mol. The van der Waals surface area contributed by atoms with Crippen LogP contribution in [0, 0.1) is 10.1 Å². The predicted molar refractivity (Wildman–Crippen MR) is 108 cm³/mol. The lowest BCUT2D eigenvalue weighted by Crippen LogP contribution is -2.50. The molecule has 1 atom stereocenters. The molecule has 9 heteroatoms. The van der Waals surface area contributed by atoms with Gasteiger partial charge < -0.3 is 4.90 Å². The molecule has 2 aromatic carbocycles. The maximum Gasteiger partial charge on any atom is 0.270 e. The number of sulfonamides is 1. The molecule has 0 saturated carbocycles.